The van der Waals surface area contributed by atoms with Crippen molar-refractivity contribution in [2.24, 2.45) is 0 Å². The van der Waals surface area contributed by atoms with Gasteiger partial charge in [0.05, 0.1) is 15.5 Å². The van der Waals surface area contributed by atoms with Crippen molar-refractivity contribution >= 4 is 33.2 Å². The molecule has 0 aliphatic heterocycles. The summed E-state index contributed by atoms with van der Waals surface area (Å²) < 4.78 is 6.15. The average molecular weight is 373 g/mol. The molecule has 2 rings (SSSR count). The van der Waals surface area contributed by atoms with E-state index < -0.39 is 11.0 Å². The Morgan fingerprint density at radius 2 is 1.95 bits per heavy atom. The van der Waals surface area contributed by atoms with Crippen molar-refractivity contribution in [3.05, 3.63) is 61.6 Å². The van der Waals surface area contributed by atoms with E-state index in [-0.39, 0.29) is 16.5 Å². The lowest BCUT2D eigenvalue weighted by Gasteiger charge is -2.11. The van der Waals surface area contributed by atoms with E-state index >= 15 is 0 Å². The first-order valence-corrected chi connectivity index (χ1v) is 7.15. The van der Waals surface area contributed by atoms with Gasteiger partial charge < -0.3 is 9.84 Å². The van der Waals surface area contributed by atoms with Gasteiger partial charge in [-0.3, -0.25) is 10.1 Å². The van der Waals surface area contributed by atoms with E-state index in [2.05, 4.69) is 15.9 Å². The van der Waals surface area contributed by atoms with E-state index in [0.717, 1.165) is 0 Å². The van der Waals surface area contributed by atoms with Gasteiger partial charge in [-0.25, -0.2) is 0 Å². The zero-order chi connectivity index (χ0) is 15.6. The molecule has 21 heavy (non-hydrogen) atoms. The Hall–Kier alpha value is -1.63. The van der Waals surface area contributed by atoms with Crippen molar-refractivity contribution in [2.75, 3.05) is 0 Å². The van der Waals surface area contributed by atoms with E-state index in [0.29, 0.717) is 15.8 Å². The van der Waals surface area contributed by atoms with Crippen LogP contribution in [0.4, 0.5) is 5.69 Å². The fourth-order valence-corrected chi connectivity index (χ4v) is 2.34. The Morgan fingerprint density at radius 3 is 2.52 bits per heavy atom. The van der Waals surface area contributed by atoms with Gasteiger partial charge in [0, 0.05) is 11.1 Å². The van der Waals surface area contributed by atoms with Gasteiger partial charge in [-0.15, -0.1) is 0 Å². The van der Waals surface area contributed by atoms with Crippen LogP contribution in [0.2, 0.25) is 5.02 Å². The van der Waals surface area contributed by atoms with Gasteiger partial charge in [0.15, 0.2) is 0 Å². The molecule has 0 saturated carbocycles. The van der Waals surface area contributed by atoms with Gasteiger partial charge in [0.1, 0.15) is 5.75 Å². The number of halogens is 2. The summed E-state index contributed by atoms with van der Waals surface area (Å²) in [5.74, 6) is 0.500. The molecule has 0 aromatic heterocycles. The smallest absolute Gasteiger partial charge is 0.313 e. The van der Waals surface area contributed by atoms with E-state index in [4.69, 9.17) is 16.3 Å². The number of rotatable bonds is 4. The quantitative estimate of drug-likeness (QED) is 0.614. The third-order valence-corrected chi connectivity index (χ3v) is 3.63. The third-order valence-electron chi connectivity index (χ3n) is 2.78. The molecular formula is C14H11BrClNO4. The summed E-state index contributed by atoms with van der Waals surface area (Å²) >= 11 is 9.07. The minimum Gasteiger partial charge on any atom is -0.449 e. The molecule has 0 aliphatic carbocycles. The molecule has 0 aliphatic rings. The minimum absolute atomic E-state index is 0.0925. The highest BCUT2D eigenvalue weighted by atomic mass is 79.9. The van der Waals surface area contributed by atoms with Gasteiger partial charge in [0.25, 0.3) is 0 Å². The average Bonchev–Trinajstić information content (AvgIpc) is 2.42. The number of nitro benzene ring substituents is 1. The molecule has 0 heterocycles. The van der Waals surface area contributed by atoms with Crippen molar-refractivity contribution in [2.45, 2.75) is 13.0 Å². The van der Waals surface area contributed by atoms with E-state index in [1.54, 1.807) is 25.1 Å². The van der Waals surface area contributed by atoms with Gasteiger partial charge in [0.2, 0.25) is 5.75 Å². The second-order valence-corrected chi connectivity index (χ2v) is 5.63. The standard InChI is InChI=1S/C14H11BrClNO4/c1-8(18)9-2-4-13(11(15)6-9)21-14-5-3-10(16)7-12(14)17(19)20/h2-8,18H,1H3. The second-order valence-electron chi connectivity index (χ2n) is 4.34. The normalized spacial score (nSPS) is 12.0. The van der Waals surface area contributed by atoms with Crippen LogP contribution >= 0.6 is 27.5 Å². The number of hydrogen-bond donors (Lipinski definition) is 1. The Kier molecular flexibility index (Phi) is 4.82. The van der Waals surface area contributed by atoms with Gasteiger partial charge >= 0.3 is 5.69 Å². The van der Waals surface area contributed by atoms with Crippen LogP contribution in [0.3, 0.4) is 0 Å². The summed E-state index contributed by atoms with van der Waals surface area (Å²) in [6.45, 7) is 1.65. The molecule has 110 valence electrons. The van der Waals surface area contributed by atoms with Crippen molar-refractivity contribution in [1.29, 1.82) is 0 Å². The first-order chi connectivity index (χ1) is 9.88. The highest BCUT2D eigenvalue weighted by molar-refractivity contribution is 9.10. The van der Waals surface area contributed by atoms with Crippen LogP contribution < -0.4 is 4.74 Å². The topological polar surface area (TPSA) is 72.6 Å². The number of hydrogen-bond acceptors (Lipinski definition) is 4. The molecule has 2 aromatic carbocycles. The van der Waals surface area contributed by atoms with E-state index in [9.17, 15) is 15.2 Å². The van der Waals surface area contributed by atoms with Crippen molar-refractivity contribution in [3.63, 3.8) is 0 Å². The predicted octanol–water partition coefficient (Wildman–Crippen LogP) is 4.86. The molecule has 1 atom stereocenters. The molecule has 0 bridgehead atoms. The molecule has 1 unspecified atom stereocenters. The number of benzene rings is 2. The Balaban J connectivity index is 2.37. The van der Waals surface area contributed by atoms with Crippen LogP contribution in [-0.2, 0) is 0 Å². The minimum atomic E-state index is -0.611. The molecule has 2 aromatic rings. The maximum Gasteiger partial charge on any atom is 0.313 e. The highest BCUT2D eigenvalue weighted by Gasteiger charge is 2.17. The predicted molar refractivity (Wildman–Crippen MR) is 83.0 cm³/mol. The molecule has 0 amide bonds. The fraction of sp³-hybridized carbons (Fsp3) is 0.143. The summed E-state index contributed by atoms with van der Waals surface area (Å²) in [6, 6.07) is 9.20. The van der Waals surface area contributed by atoms with E-state index in [1.807, 2.05) is 0 Å². The monoisotopic (exact) mass is 371 g/mol. The van der Waals surface area contributed by atoms with Crippen molar-refractivity contribution in [3.8, 4) is 11.5 Å². The zero-order valence-electron chi connectivity index (χ0n) is 10.9. The summed E-state index contributed by atoms with van der Waals surface area (Å²) in [6.07, 6.45) is -0.611. The SMILES string of the molecule is CC(O)c1ccc(Oc2ccc(Cl)cc2[N+](=O)[O-])c(Br)c1. The number of nitrogens with zero attached hydrogens (tertiary/aromatic N) is 1. The maximum atomic E-state index is 11.0. The number of ether oxygens (including phenoxy) is 1. The van der Waals surface area contributed by atoms with Gasteiger partial charge in [-0.1, -0.05) is 17.7 Å². The lowest BCUT2D eigenvalue weighted by molar-refractivity contribution is -0.385. The molecule has 1 N–H and O–H groups in total. The molecule has 5 nitrogen and oxygen atoms in total. The van der Waals surface area contributed by atoms with Crippen molar-refractivity contribution < 1.29 is 14.8 Å². The van der Waals surface area contributed by atoms with Crippen LogP contribution in [0.15, 0.2) is 40.9 Å². The fourth-order valence-electron chi connectivity index (χ4n) is 1.70. The van der Waals surface area contributed by atoms with Gasteiger partial charge in [-0.2, -0.15) is 0 Å². The molecule has 0 fully saturated rings. The molecule has 0 radical (unpaired) electrons. The largest absolute Gasteiger partial charge is 0.449 e. The number of nitro groups is 1. The zero-order valence-corrected chi connectivity index (χ0v) is 13.3. The Bertz CT molecular complexity index is 691. The first-order valence-electron chi connectivity index (χ1n) is 5.98. The summed E-state index contributed by atoms with van der Waals surface area (Å²) in [5.41, 5.74) is 0.494. The lowest BCUT2D eigenvalue weighted by atomic mass is 10.1. The van der Waals surface area contributed by atoms with Crippen LogP contribution in [0.1, 0.15) is 18.6 Å². The maximum absolute atomic E-state index is 11.0. The molecule has 0 spiro atoms. The second kappa shape index (κ2) is 6.43. The number of aliphatic hydroxyl groups is 1. The van der Waals surface area contributed by atoms with E-state index in [1.165, 1.54) is 18.2 Å². The third kappa shape index (κ3) is 3.72. The molecule has 7 heteroatoms. The Morgan fingerprint density at radius 1 is 1.29 bits per heavy atom. The first kappa shape index (κ1) is 15.8. The summed E-state index contributed by atoms with van der Waals surface area (Å²) in [7, 11) is 0. The van der Waals surface area contributed by atoms with Crippen molar-refractivity contribution in [1.82, 2.24) is 0 Å². The van der Waals surface area contributed by atoms with Crippen LogP contribution in [0, 0.1) is 10.1 Å². The highest BCUT2D eigenvalue weighted by Crippen LogP contribution is 2.37. The lowest BCUT2D eigenvalue weighted by Crippen LogP contribution is -1.95. The number of aliphatic hydroxyl groups excluding tert-OH is 1. The molecule has 0 saturated heterocycles. The van der Waals surface area contributed by atoms with Crippen LogP contribution in [0.25, 0.3) is 0 Å². The van der Waals surface area contributed by atoms with Crippen LogP contribution in [0.5, 0.6) is 11.5 Å². The van der Waals surface area contributed by atoms with Gasteiger partial charge in [-0.05, 0) is 52.7 Å². The molecular weight excluding hydrogens is 362 g/mol. The van der Waals surface area contributed by atoms with Crippen LogP contribution in [-0.4, -0.2) is 10.0 Å². The summed E-state index contributed by atoms with van der Waals surface area (Å²) in [4.78, 5) is 10.5. The summed E-state index contributed by atoms with van der Waals surface area (Å²) in [5, 5.41) is 20.8. The Labute approximate surface area is 134 Å².